The van der Waals surface area contributed by atoms with Crippen LogP contribution in [0.5, 0.6) is 0 Å². The summed E-state index contributed by atoms with van der Waals surface area (Å²) in [4.78, 5) is 0. The molecule has 0 saturated heterocycles. The van der Waals surface area contributed by atoms with Crippen molar-refractivity contribution in [1.82, 2.24) is 10.2 Å². The number of benzene rings is 1. The summed E-state index contributed by atoms with van der Waals surface area (Å²) in [5.41, 5.74) is 2.23. The first-order chi connectivity index (χ1) is 7.20. The van der Waals surface area contributed by atoms with Crippen molar-refractivity contribution < 1.29 is 0 Å². The zero-order chi connectivity index (χ0) is 11.1. The van der Waals surface area contributed by atoms with E-state index in [0.29, 0.717) is 0 Å². The topological polar surface area (TPSA) is 28.7 Å². The van der Waals surface area contributed by atoms with Gasteiger partial charge in [-0.1, -0.05) is 51.1 Å². The molecule has 0 atom stereocenters. The van der Waals surface area contributed by atoms with Gasteiger partial charge in [0.2, 0.25) is 0 Å². The van der Waals surface area contributed by atoms with Crippen molar-refractivity contribution in [3.8, 4) is 11.3 Å². The maximum absolute atomic E-state index is 3.87. The lowest BCUT2D eigenvalue weighted by Crippen LogP contribution is -1.75. The third-order valence-corrected chi connectivity index (χ3v) is 1.59. The highest BCUT2D eigenvalue weighted by Crippen LogP contribution is 2.13. The minimum atomic E-state index is 0.833. The number of aromatic nitrogens is 2. The number of H-pyrrole nitrogens is 1. The average molecular weight is 202 g/mol. The summed E-state index contributed by atoms with van der Waals surface area (Å²) in [5.74, 6) is 0.833. The molecule has 2 heteroatoms. The predicted octanol–water partition coefficient (Wildman–Crippen LogP) is 3.74. The Labute approximate surface area is 91.4 Å². The van der Waals surface area contributed by atoms with Gasteiger partial charge in [0.05, 0.1) is 5.69 Å². The molecule has 0 bridgehead atoms. The summed E-state index contributed by atoms with van der Waals surface area (Å²) >= 11 is 0. The molecule has 1 N–H and O–H groups in total. The SMILES string of the molecule is CC(C)C.c1ccc(-c2ccn[nH]2)cc1. The van der Waals surface area contributed by atoms with Gasteiger partial charge in [-0.3, -0.25) is 5.10 Å². The molecule has 0 aliphatic rings. The molecule has 0 saturated carbocycles. The maximum atomic E-state index is 3.87. The third kappa shape index (κ3) is 4.45. The Kier molecular flexibility index (Phi) is 4.61. The number of nitrogens with zero attached hydrogens (tertiary/aromatic N) is 1. The van der Waals surface area contributed by atoms with E-state index >= 15 is 0 Å². The lowest BCUT2D eigenvalue weighted by molar-refractivity contribution is 0.737. The molecule has 2 nitrogen and oxygen atoms in total. The van der Waals surface area contributed by atoms with E-state index in [1.165, 1.54) is 5.56 Å². The van der Waals surface area contributed by atoms with Crippen LogP contribution in [0.4, 0.5) is 0 Å². The van der Waals surface area contributed by atoms with E-state index in [1.54, 1.807) is 6.20 Å². The molecule has 0 fully saturated rings. The van der Waals surface area contributed by atoms with Crippen LogP contribution in [0.3, 0.4) is 0 Å². The number of rotatable bonds is 1. The van der Waals surface area contributed by atoms with Gasteiger partial charge in [-0.25, -0.2) is 0 Å². The summed E-state index contributed by atoms with van der Waals surface area (Å²) < 4.78 is 0. The average Bonchev–Trinajstić information content (AvgIpc) is 2.71. The van der Waals surface area contributed by atoms with Crippen LogP contribution in [0.15, 0.2) is 42.6 Å². The zero-order valence-corrected chi connectivity index (χ0v) is 9.57. The molecule has 0 amide bonds. The van der Waals surface area contributed by atoms with E-state index in [9.17, 15) is 0 Å². The predicted molar refractivity (Wildman–Crippen MR) is 64.5 cm³/mol. The smallest absolute Gasteiger partial charge is 0.0650 e. The highest BCUT2D eigenvalue weighted by atomic mass is 15.1. The summed E-state index contributed by atoms with van der Waals surface area (Å²) in [6, 6.07) is 12.1. The maximum Gasteiger partial charge on any atom is 0.0650 e. The molecule has 15 heavy (non-hydrogen) atoms. The molecule has 0 aliphatic carbocycles. The van der Waals surface area contributed by atoms with Crippen molar-refractivity contribution in [3.63, 3.8) is 0 Å². The quantitative estimate of drug-likeness (QED) is 0.749. The van der Waals surface area contributed by atoms with Gasteiger partial charge in [0, 0.05) is 6.20 Å². The van der Waals surface area contributed by atoms with E-state index in [2.05, 4.69) is 31.0 Å². The molecule has 0 unspecified atom stereocenters. The van der Waals surface area contributed by atoms with Gasteiger partial charge in [0.25, 0.3) is 0 Å². The Morgan fingerprint density at radius 3 is 2.07 bits per heavy atom. The molecule has 0 aliphatic heterocycles. The molecular formula is C13H18N2. The molecule has 2 aromatic rings. The molecule has 0 spiro atoms. The lowest BCUT2D eigenvalue weighted by atomic mass is 10.2. The fourth-order valence-corrected chi connectivity index (χ4v) is 1.03. The Morgan fingerprint density at radius 1 is 1.00 bits per heavy atom. The fourth-order valence-electron chi connectivity index (χ4n) is 1.03. The van der Waals surface area contributed by atoms with E-state index in [4.69, 9.17) is 0 Å². The fraction of sp³-hybridized carbons (Fsp3) is 0.308. The van der Waals surface area contributed by atoms with Crippen LogP contribution in [0, 0.1) is 5.92 Å². The standard InChI is InChI=1S/C9H8N2.C4H10/c1-2-4-8(5-3-1)9-6-7-10-11-9;1-4(2)3/h1-7H,(H,10,11);4H,1-3H3. The molecule has 2 rings (SSSR count). The van der Waals surface area contributed by atoms with Gasteiger partial charge in [0.1, 0.15) is 0 Å². The number of aromatic amines is 1. The zero-order valence-electron chi connectivity index (χ0n) is 9.57. The van der Waals surface area contributed by atoms with Crippen molar-refractivity contribution in [1.29, 1.82) is 0 Å². The van der Waals surface area contributed by atoms with Crippen LogP contribution in [0.25, 0.3) is 11.3 Å². The number of hydrogen-bond donors (Lipinski definition) is 1. The molecule has 1 aromatic carbocycles. The Hall–Kier alpha value is -1.57. The highest BCUT2D eigenvalue weighted by molar-refractivity contribution is 5.57. The van der Waals surface area contributed by atoms with E-state index in [1.807, 2.05) is 36.4 Å². The summed E-state index contributed by atoms with van der Waals surface area (Å²) in [5, 5.41) is 6.78. The van der Waals surface area contributed by atoms with Crippen molar-refractivity contribution in [3.05, 3.63) is 42.6 Å². The number of nitrogens with one attached hydrogen (secondary N) is 1. The van der Waals surface area contributed by atoms with Crippen LogP contribution < -0.4 is 0 Å². The van der Waals surface area contributed by atoms with Gasteiger partial charge >= 0.3 is 0 Å². The molecule has 1 aromatic heterocycles. The lowest BCUT2D eigenvalue weighted by Gasteiger charge is -1.93. The van der Waals surface area contributed by atoms with Crippen molar-refractivity contribution >= 4 is 0 Å². The van der Waals surface area contributed by atoms with Crippen molar-refractivity contribution in [2.75, 3.05) is 0 Å². The molecule has 0 radical (unpaired) electrons. The van der Waals surface area contributed by atoms with Gasteiger partial charge < -0.3 is 0 Å². The van der Waals surface area contributed by atoms with Crippen molar-refractivity contribution in [2.45, 2.75) is 20.8 Å². The second kappa shape index (κ2) is 6.02. The first-order valence-electron chi connectivity index (χ1n) is 5.25. The summed E-state index contributed by atoms with van der Waals surface area (Å²) in [6.45, 7) is 6.50. The normalized spacial score (nSPS) is 9.60. The van der Waals surface area contributed by atoms with Crippen LogP contribution in [-0.2, 0) is 0 Å². The van der Waals surface area contributed by atoms with Gasteiger partial charge in [-0.15, -0.1) is 0 Å². The van der Waals surface area contributed by atoms with E-state index in [-0.39, 0.29) is 0 Å². The highest BCUT2D eigenvalue weighted by Gasteiger charge is 1.94. The van der Waals surface area contributed by atoms with Gasteiger partial charge in [-0.2, -0.15) is 5.10 Å². The van der Waals surface area contributed by atoms with Crippen molar-refractivity contribution in [2.24, 2.45) is 5.92 Å². The second-order valence-corrected chi connectivity index (χ2v) is 4.07. The second-order valence-electron chi connectivity index (χ2n) is 4.07. The monoisotopic (exact) mass is 202 g/mol. The summed E-state index contributed by atoms with van der Waals surface area (Å²) in [6.07, 6.45) is 1.75. The number of hydrogen-bond acceptors (Lipinski definition) is 1. The van der Waals surface area contributed by atoms with Crippen LogP contribution in [0.1, 0.15) is 20.8 Å². The van der Waals surface area contributed by atoms with Crippen LogP contribution in [-0.4, -0.2) is 10.2 Å². The Balaban J connectivity index is 0.000000245. The van der Waals surface area contributed by atoms with E-state index in [0.717, 1.165) is 11.6 Å². The first kappa shape index (κ1) is 11.5. The van der Waals surface area contributed by atoms with Gasteiger partial charge in [0.15, 0.2) is 0 Å². The Bertz CT molecular complexity index is 347. The first-order valence-corrected chi connectivity index (χ1v) is 5.25. The van der Waals surface area contributed by atoms with Crippen LogP contribution >= 0.6 is 0 Å². The van der Waals surface area contributed by atoms with Gasteiger partial charge in [-0.05, 0) is 17.5 Å². The van der Waals surface area contributed by atoms with Crippen LogP contribution in [0.2, 0.25) is 0 Å². The Morgan fingerprint density at radius 2 is 1.60 bits per heavy atom. The minimum absolute atomic E-state index is 0.833. The third-order valence-electron chi connectivity index (χ3n) is 1.59. The molecule has 1 heterocycles. The molecule has 80 valence electrons. The minimum Gasteiger partial charge on any atom is -0.278 e. The largest absolute Gasteiger partial charge is 0.278 e. The van der Waals surface area contributed by atoms with E-state index < -0.39 is 0 Å². The summed E-state index contributed by atoms with van der Waals surface area (Å²) in [7, 11) is 0. The molecular weight excluding hydrogens is 184 g/mol.